The molecule has 2 heterocycles. The molecule has 2 aromatic heterocycles. The number of thiophene rings is 1. The Labute approximate surface area is 89.4 Å². The number of hydrogen-bond acceptors (Lipinski definition) is 3. The van der Waals surface area contributed by atoms with E-state index in [0.717, 1.165) is 6.20 Å². The summed E-state index contributed by atoms with van der Waals surface area (Å²) in [6.45, 7) is 0. The zero-order chi connectivity index (χ0) is 10.8. The predicted octanol–water partition coefficient (Wildman–Crippen LogP) is 2.05. The average molecular weight is 222 g/mol. The lowest BCUT2D eigenvalue weighted by atomic mass is 10.1. The van der Waals surface area contributed by atoms with Crippen molar-refractivity contribution in [3.8, 4) is 11.1 Å². The highest BCUT2D eigenvalue weighted by atomic mass is 32.1. The largest absolute Gasteiger partial charge is 0.365 e. The van der Waals surface area contributed by atoms with E-state index < -0.39 is 11.7 Å². The molecular formula is C10H7FN2OS. The highest BCUT2D eigenvalue weighted by molar-refractivity contribution is 7.12. The molecule has 2 N–H and O–H groups in total. The van der Waals surface area contributed by atoms with Gasteiger partial charge in [0.25, 0.3) is 5.91 Å². The van der Waals surface area contributed by atoms with E-state index in [4.69, 9.17) is 5.73 Å². The molecule has 15 heavy (non-hydrogen) atoms. The molecular weight excluding hydrogens is 215 g/mol. The average Bonchev–Trinajstić information content (AvgIpc) is 2.65. The summed E-state index contributed by atoms with van der Waals surface area (Å²) in [6, 6.07) is 3.04. The third-order valence-electron chi connectivity index (χ3n) is 1.90. The standard InChI is InChI=1S/C10H7FN2OS/c11-7-3-6(4-13-5-7)8-1-2-15-9(8)10(12)14/h1-5H,(H2,12,14). The van der Waals surface area contributed by atoms with E-state index in [9.17, 15) is 9.18 Å². The van der Waals surface area contributed by atoms with E-state index in [2.05, 4.69) is 4.98 Å². The van der Waals surface area contributed by atoms with E-state index in [1.165, 1.54) is 23.6 Å². The molecule has 1 amide bonds. The molecule has 0 aliphatic heterocycles. The molecule has 0 atom stereocenters. The number of carbonyl (C=O) groups is 1. The van der Waals surface area contributed by atoms with Crippen molar-refractivity contribution in [2.24, 2.45) is 5.73 Å². The molecule has 0 aliphatic rings. The van der Waals surface area contributed by atoms with Crippen LogP contribution in [0.4, 0.5) is 4.39 Å². The lowest BCUT2D eigenvalue weighted by Crippen LogP contribution is -2.09. The minimum Gasteiger partial charge on any atom is -0.365 e. The molecule has 0 saturated carbocycles. The van der Waals surface area contributed by atoms with Crippen molar-refractivity contribution < 1.29 is 9.18 Å². The van der Waals surface area contributed by atoms with Crippen molar-refractivity contribution in [1.29, 1.82) is 0 Å². The number of nitrogens with two attached hydrogens (primary N) is 1. The number of nitrogens with zero attached hydrogens (tertiary/aromatic N) is 1. The lowest BCUT2D eigenvalue weighted by Gasteiger charge is -2.00. The van der Waals surface area contributed by atoms with Crippen molar-refractivity contribution in [3.05, 3.63) is 40.6 Å². The summed E-state index contributed by atoms with van der Waals surface area (Å²) in [6.07, 6.45) is 2.61. The van der Waals surface area contributed by atoms with Crippen LogP contribution >= 0.6 is 11.3 Å². The van der Waals surface area contributed by atoms with Crippen LogP contribution in [0.3, 0.4) is 0 Å². The minimum atomic E-state index is -0.510. The second kappa shape index (κ2) is 3.78. The van der Waals surface area contributed by atoms with Gasteiger partial charge in [0.15, 0.2) is 0 Å². The van der Waals surface area contributed by atoms with Crippen LogP contribution in [-0.2, 0) is 0 Å². The van der Waals surface area contributed by atoms with Gasteiger partial charge in [-0.1, -0.05) is 0 Å². The van der Waals surface area contributed by atoms with Crippen LogP contribution in [0.15, 0.2) is 29.9 Å². The molecule has 0 aliphatic carbocycles. The quantitative estimate of drug-likeness (QED) is 0.845. The second-order valence-electron chi connectivity index (χ2n) is 2.92. The first-order valence-corrected chi connectivity index (χ1v) is 5.04. The van der Waals surface area contributed by atoms with Crippen molar-refractivity contribution in [1.82, 2.24) is 4.98 Å². The Bertz CT molecular complexity index is 510. The maximum atomic E-state index is 12.9. The first kappa shape index (κ1) is 9.79. The minimum absolute atomic E-state index is 0.419. The van der Waals surface area contributed by atoms with Crippen LogP contribution < -0.4 is 5.73 Å². The highest BCUT2D eigenvalue weighted by Gasteiger charge is 2.11. The number of rotatable bonds is 2. The van der Waals surface area contributed by atoms with Gasteiger partial charge in [-0.3, -0.25) is 9.78 Å². The molecule has 0 saturated heterocycles. The molecule has 0 aromatic carbocycles. The number of aromatic nitrogens is 1. The summed E-state index contributed by atoms with van der Waals surface area (Å²) in [4.78, 5) is 15.2. The van der Waals surface area contributed by atoms with E-state index in [1.54, 1.807) is 11.4 Å². The summed E-state index contributed by atoms with van der Waals surface area (Å²) in [5.74, 6) is -0.946. The molecule has 3 nitrogen and oxygen atoms in total. The molecule has 76 valence electrons. The number of amides is 1. The van der Waals surface area contributed by atoms with Gasteiger partial charge in [0.2, 0.25) is 0 Å². The van der Waals surface area contributed by atoms with Crippen LogP contribution in [0.1, 0.15) is 9.67 Å². The Morgan fingerprint density at radius 3 is 2.93 bits per heavy atom. The number of pyridine rings is 1. The van der Waals surface area contributed by atoms with Crippen LogP contribution in [0.5, 0.6) is 0 Å². The molecule has 5 heteroatoms. The van der Waals surface area contributed by atoms with Gasteiger partial charge in [-0.05, 0) is 17.5 Å². The fraction of sp³-hybridized carbons (Fsp3) is 0. The topological polar surface area (TPSA) is 56.0 Å². The van der Waals surface area contributed by atoms with Crippen molar-refractivity contribution >= 4 is 17.2 Å². The van der Waals surface area contributed by atoms with Gasteiger partial charge in [0.05, 0.1) is 11.1 Å². The van der Waals surface area contributed by atoms with E-state index in [0.29, 0.717) is 16.0 Å². The van der Waals surface area contributed by atoms with Crippen molar-refractivity contribution in [3.63, 3.8) is 0 Å². The Kier molecular flexibility index (Phi) is 2.47. The maximum absolute atomic E-state index is 12.9. The summed E-state index contributed by atoms with van der Waals surface area (Å²) in [7, 11) is 0. The summed E-state index contributed by atoms with van der Waals surface area (Å²) < 4.78 is 12.9. The van der Waals surface area contributed by atoms with Crippen LogP contribution in [0.25, 0.3) is 11.1 Å². The summed E-state index contributed by atoms with van der Waals surface area (Å²) in [5, 5.41) is 1.74. The Balaban J connectivity index is 2.54. The molecule has 2 aromatic rings. The van der Waals surface area contributed by atoms with E-state index in [1.807, 2.05) is 0 Å². The molecule has 0 unspecified atom stereocenters. The first-order chi connectivity index (χ1) is 7.18. The highest BCUT2D eigenvalue weighted by Crippen LogP contribution is 2.27. The Hall–Kier alpha value is -1.75. The Morgan fingerprint density at radius 2 is 2.27 bits per heavy atom. The van der Waals surface area contributed by atoms with Crippen molar-refractivity contribution in [2.45, 2.75) is 0 Å². The Morgan fingerprint density at radius 1 is 1.47 bits per heavy atom. The number of carbonyl (C=O) groups excluding carboxylic acids is 1. The van der Waals surface area contributed by atoms with Gasteiger partial charge < -0.3 is 5.73 Å². The van der Waals surface area contributed by atoms with Crippen LogP contribution in [0, 0.1) is 5.82 Å². The summed E-state index contributed by atoms with van der Waals surface area (Å²) >= 11 is 1.23. The lowest BCUT2D eigenvalue weighted by molar-refractivity contribution is 0.100. The third-order valence-corrected chi connectivity index (χ3v) is 2.83. The monoisotopic (exact) mass is 222 g/mol. The molecule has 0 bridgehead atoms. The summed E-state index contributed by atoms with van der Waals surface area (Å²) in [5.41, 5.74) is 6.38. The molecule has 2 rings (SSSR count). The predicted molar refractivity (Wildman–Crippen MR) is 56.0 cm³/mol. The van der Waals surface area contributed by atoms with Gasteiger partial charge in [0, 0.05) is 17.3 Å². The fourth-order valence-electron chi connectivity index (χ4n) is 1.29. The SMILES string of the molecule is NC(=O)c1sccc1-c1cncc(F)c1. The van der Waals surface area contributed by atoms with Crippen LogP contribution in [-0.4, -0.2) is 10.9 Å². The normalized spacial score (nSPS) is 10.2. The third kappa shape index (κ3) is 1.87. The van der Waals surface area contributed by atoms with E-state index >= 15 is 0 Å². The van der Waals surface area contributed by atoms with E-state index in [-0.39, 0.29) is 0 Å². The van der Waals surface area contributed by atoms with Gasteiger partial charge in [0.1, 0.15) is 5.82 Å². The zero-order valence-electron chi connectivity index (χ0n) is 7.61. The van der Waals surface area contributed by atoms with Gasteiger partial charge in [-0.2, -0.15) is 0 Å². The van der Waals surface area contributed by atoms with Crippen LogP contribution in [0.2, 0.25) is 0 Å². The first-order valence-electron chi connectivity index (χ1n) is 4.16. The van der Waals surface area contributed by atoms with Crippen molar-refractivity contribution in [2.75, 3.05) is 0 Å². The molecule has 0 fully saturated rings. The van der Waals surface area contributed by atoms with Gasteiger partial charge >= 0.3 is 0 Å². The zero-order valence-corrected chi connectivity index (χ0v) is 8.42. The van der Waals surface area contributed by atoms with Gasteiger partial charge in [-0.25, -0.2) is 4.39 Å². The molecule has 0 radical (unpaired) electrons. The number of hydrogen-bond donors (Lipinski definition) is 1. The molecule has 0 spiro atoms. The number of primary amides is 1. The second-order valence-corrected chi connectivity index (χ2v) is 3.84. The maximum Gasteiger partial charge on any atom is 0.259 e. The smallest absolute Gasteiger partial charge is 0.259 e. The fourth-order valence-corrected chi connectivity index (χ4v) is 2.06. The number of halogens is 1. The van der Waals surface area contributed by atoms with Gasteiger partial charge in [-0.15, -0.1) is 11.3 Å².